The second-order valence-corrected chi connectivity index (χ2v) is 11.6. The molecule has 0 N–H and O–H groups in total. The van der Waals surface area contributed by atoms with Crippen molar-refractivity contribution < 1.29 is 23.9 Å². The molecule has 3 aromatic rings. The Labute approximate surface area is 227 Å². The van der Waals surface area contributed by atoms with E-state index in [0.717, 1.165) is 0 Å². The summed E-state index contributed by atoms with van der Waals surface area (Å²) in [6, 6.07) is 10.2. The predicted molar refractivity (Wildman–Crippen MR) is 143 cm³/mol. The Morgan fingerprint density at radius 3 is 2.26 bits per heavy atom. The number of hydrogen-bond acceptors (Lipinski definition) is 7. The summed E-state index contributed by atoms with van der Waals surface area (Å²) in [5.74, 6) is -0.530. The van der Waals surface area contributed by atoms with Crippen molar-refractivity contribution in [1.29, 1.82) is 0 Å². The van der Waals surface area contributed by atoms with E-state index in [0.29, 0.717) is 57.9 Å². The lowest BCUT2D eigenvalue weighted by atomic mass is 9.91. The number of esters is 1. The zero-order valence-corrected chi connectivity index (χ0v) is 23.0. The summed E-state index contributed by atoms with van der Waals surface area (Å²) in [5, 5.41) is 0.296. The van der Waals surface area contributed by atoms with E-state index in [4.69, 9.17) is 9.47 Å². The molecule has 0 saturated heterocycles. The molecule has 0 bridgehead atoms. The van der Waals surface area contributed by atoms with Gasteiger partial charge in [0.1, 0.15) is 17.5 Å². The smallest absolute Gasteiger partial charge is 0.312 e. The number of benzene rings is 2. The van der Waals surface area contributed by atoms with Gasteiger partial charge in [-0.05, 0) is 70.7 Å². The zero-order valence-electron chi connectivity index (χ0n) is 21.4. The van der Waals surface area contributed by atoms with Gasteiger partial charge in [0.2, 0.25) is 0 Å². The van der Waals surface area contributed by atoms with Crippen LogP contribution in [-0.4, -0.2) is 44.4 Å². The summed E-state index contributed by atoms with van der Waals surface area (Å²) in [6.45, 7) is 4.97. The molecule has 2 aromatic carbocycles. The standard InChI is InChI=1S/C28H28BrN3O6/c1-28(2,3)27(36)37-15-31-14-30-21-12-16(29)13-22(23(21)26(31)35)38-18-10-8-17(9-11-18)32-24(33)19-6-4-5-7-20(19)25(32)34/h4-7,12-14,17-18H,8-11,15H2,1-3H3. The molecule has 0 spiro atoms. The third-order valence-electron chi connectivity index (χ3n) is 6.93. The molecule has 38 heavy (non-hydrogen) atoms. The van der Waals surface area contributed by atoms with Crippen LogP contribution in [0.4, 0.5) is 0 Å². The molecule has 2 amide bonds. The van der Waals surface area contributed by atoms with Gasteiger partial charge in [-0.25, -0.2) is 4.98 Å². The highest BCUT2D eigenvalue weighted by Crippen LogP contribution is 2.34. The summed E-state index contributed by atoms with van der Waals surface area (Å²) in [5.41, 5.74) is 0.289. The highest BCUT2D eigenvalue weighted by atomic mass is 79.9. The van der Waals surface area contributed by atoms with E-state index in [2.05, 4.69) is 20.9 Å². The first-order chi connectivity index (χ1) is 18.0. The van der Waals surface area contributed by atoms with Crippen molar-refractivity contribution in [1.82, 2.24) is 14.5 Å². The quantitative estimate of drug-likeness (QED) is 0.317. The lowest BCUT2D eigenvalue weighted by molar-refractivity contribution is -0.157. The monoisotopic (exact) mass is 581 g/mol. The number of aromatic nitrogens is 2. The number of rotatable bonds is 5. The maximum atomic E-state index is 13.3. The Morgan fingerprint density at radius 2 is 1.66 bits per heavy atom. The third-order valence-corrected chi connectivity index (χ3v) is 7.39. The summed E-state index contributed by atoms with van der Waals surface area (Å²) >= 11 is 3.46. The van der Waals surface area contributed by atoms with E-state index in [1.54, 1.807) is 57.2 Å². The van der Waals surface area contributed by atoms with E-state index in [1.165, 1.54) is 15.8 Å². The molecule has 1 saturated carbocycles. The van der Waals surface area contributed by atoms with Crippen molar-refractivity contribution in [3.63, 3.8) is 0 Å². The highest BCUT2D eigenvalue weighted by Gasteiger charge is 2.41. The van der Waals surface area contributed by atoms with E-state index >= 15 is 0 Å². The molecule has 2 heterocycles. The SMILES string of the molecule is CC(C)(C)C(=O)OCn1cnc2cc(Br)cc(OC3CCC(N4C(=O)c5ccccc5C4=O)CC3)c2c1=O. The summed E-state index contributed by atoms with van der Waals surface area (Å²) in [4.78, 5) is 57.0. The van der Waals surface area contributed by atoms with Crippen LogP contribution in [0.15, 0.2) is 52.0 Å². The van der Waals surface area contributed by atoms with E-state index in [-0.39, 0.29) is 36.3 Å². The maximum Gasteiger partial charge on any atom is 0.312 e. The van der Waals surface area contributed by atoms with E-state index in [9.17, 15) is 19.2 Å². The second-order valence-electron chi connectivity index (χ2n) is 10.7. The van der Waals surface area contributed by atoms with Crippen LogP contribution in [0.25, 0.3) is 10.9 Å². The van der Waals surface area contributed by atoms with Crippen LogP contribution < -0.4 is 10.3 Å². The van der Waals surface area contributed by atoms with Crippen LogP contribution >= 0.6 is 15.9 Å². The lowest BCUT2D eigenvalue weighted by Gasteiger charge is -2.33. The minimum absolute atomic E-state index is 0.196. The molecule has 1 aliphatic carbocycles. The predicted octanol–water partition coefficient (Wildman–Crippen LogP) is 4.69. The van der Waals surface area contributed by atoms with Crippen molar-refractivity contribution in [3.8, 4) is 5.75 Å². The Balaban J connectivity index is 1.32. The van der Waals surface area contributed by atoms with Crippen LogP contribution in [0.1, 0.15) is 67.2 Å². The van der Waals surface area contributed by atoms with Gasteiger partial charge in [0.25, 0.3) is 17.4 Å². The Morgan fingerprint density at radius 1 is 1.03 bits per heavy atom. The Hall–Kier alpha value is -3.53. The normalized spacial score (nSPS) is 19.5. The topological polar surface area (TPSA) is 108 Å². The average molecular weight is 582 g/mol. The van der Waals surface area contributed by atoms with Crippen LogP contribution in [0.5, 0.6) is 5.75 Å². The number of amides is 2. The number of carbonyl (C=O) groups excluding carboxylic acids is 3. The number of carbonyl (C=O) groups is 3. The molecule has 198 valence electrons. The molecular weight excluding hydrogens is 554 g/mol. The van der Waals surface area contributed by atoms with Gasteiger partial charge in [-0.15, -0.1) is 0 Å². The molecule has 9 nitrogen and oxygen atoms in total. The fraction of sp³-hybridized carbons (Fsp3) is 0.393. The van der Waals surface area contributed by atoms with Crippen LogP contribution in [0.3, 0.4) is 0 Å². The highest BCUT2D eigenvalue weighted by molar-refractivity contribution is 9.10. The van der Waals surface area contributed by atoms with Crippen LogP contribution in [0, 0.1) is 5.41 Å². The van der Waals surface area contributed by atoms with Gasteiger partial charge in [0, 0.05) is 10.5 Å². The fourth-order valence-electron chi connectivity index (χ4n) is 4.88. The molecule has 0 atom stereocenters. The van der Waals surface area contributed by atoms with E-state index in [1.807, 2.05) is 0 Å². The molecule has 10 heteroatoms. The van der Waals surface area contributed by atoms with Crippen molar-refractivity contribution >= 4 is 44.6 Å². The molecular formula is C28H28BrN3O6. The van der Waals surface area contributed by atoms with Gasteiger partial charge in [-0.3, -0.25) is 28.6 Å². The Bertz CT molecular complexity index is 1470. The second kappa shape index (κ2) is 9.98. The summed E-state index contributed by atoms with van der Waals surface area (Å²) in [7, 11) is 0. The van der Waals surface area contributed by atoms with Crippen LogP contribution in [-0.2, 0) is 16.3 Å². The van der Waals surface area contributed by atoms with Gasteiger partial charge < -0.3 is 9.47 Å². The number of imide groups is 1. The van der Waals surface area contributed by atoms with Gasteiger partial charge in [0.05, 0.1) is 28.2 Å². The molecule has 5 rings (SSSR count). The number of nitrogens with zero attached hydrogens (tertiary/aromatic N) is 3. The first-order valence-electron chi connectivity index (χ1n) is 12.5. The van der Waals surface area contributed by atoms with Gasteiger partial charge >= 0.3 is 5.97 Å². The lowest BCUT2D eigenvalue weighted by Crippen LogP contribution is -2.43. The van der Waals surface area contributed by atoms with Crippen molar-refractivity contribution in [2.75, 3.05) is 0 Å². The molecule has 1 aromatic heterocycles. The van der Waals surface area contributed by atoms with Crippen molar-refractivity contribution in [2.24, 2.45) is 5.41 Å². The number of hydrogen-bond donors (Lipinski definition) is 0. The Kier molecular flexibility index (Phi) is 6.85. The fourth-order valence-corrected chi connectivity index (χ4v) is 5.31. The molecule has 0 radical (unpaired) electrons. The maximum absolute atomic E-state index is 13.3. The van der Waals surface area contributed by atoms with Gasteiger partial charge in [-0.2, -0.15) is 0 Å². The summed E-state index contributed by atoms with van der Waals surface area (Å²) in [6.07, 6.45) is 3.59. The largest absolute Gasteiger partial charge is 0.489 e. The number of fused-ring (bicyclic) bond motifs is 2. The first-order valence-corrected chi connectivity index (χ1v) is 13.3. The molecule has 1 aliphatic heterocycles. The molecule has 2 aliphatic rings. The van der Waals surface area contributed by atoms with Crippen molar-refractivity contribution in [3.05, 3.63) is 68.7 Å². The van der Waals surface area contributed by atoms with Gasteiger partial charge in [-0.1, -0.05) is 28.1 Å². The minimum atomic E-state index is -0.695. The molecule has 0 unspecified atom stereocenters. The van der Waals surface area contributed by atoms with Crippen molar-refractivity contribution in [2.45, 2.75) is 65.3 Å². The van der Waals surface area contributed by atoms with Gasteiger partial charge in [0.15, 0.2) is 6.73 Å². The number of halogens is 1. The van der Waals surface area contributed by atoms with E-state index < -0.39 is 11.4 Å². The number of ether oxygens (including phenoxy) is 2. The first kappa shape index (κ1) is 26.1. The van der Waals surface area contributed by atoms with Crippen LogP contribution in [0.2, 0.25) is 0 Å². The average Bonchev–Trinajstić information content (AvgIpc) is 3.13. The zero-order chi connectivity index (χ0) is 27.2. The molecule has 1 fully saturated rings. The third kappa shape index (κ3) is 4.84. The summed E-state index contributed by atoms with van der Waals surface area (Å²) < 4.78 is 13.6. The minimum Gasteiger partial charge on any atom is -0.489 e.